The van der Waals surface area contributed by atoms with E-state index in [1.54, 1.807) is 0 Å². The van der Waals surface area contributed by atoms with Crippen molar-refractivity contribution in [1.82, 2.24) is 19.9 Å². The SMILES string of the molecule is c1ccc(N2CCN(CCCn3nnc4ccccc43)CC2)cc1. The number of nitrogens with zero attached hydrogens (tertiary/aromatic N) is 5. The maximum absolute atomic E-state index is 4.27. The fourth-order valence-electron chi connectivity index (χ4n) is 3.40. The Balaban J connectivity index is 1.26. The number of aryl methyl sites for hydroxylation is 1. The van der Waals surface area contributed by atoms with Crippen LogP contribution in [0.2, 0.25) is 0 Å². The van der Waals surface area contributed by atoms with E-state index in [2.05, 4.69) is 56.5 Å². The van der Waals surface area contributed by atoms with E-state index in [0.29, 0.717) is 0 Å². The number of benzene rings is 2. The Hall–Kier alpha value is -2.40. The molecule has 0 unspecified atom stereocenters. The van der Waals surface area contributed by atoms with Crippen LogP contribution in [0.15, 0.2) is 54.6 Å². The Morgan fingerprint density at radius 1 is 0.792 bits per heavy atom. The summed E-state index contributed by atoms with van der Waals surface area (Å²) < 4.78 is 2.02. The summed E-state index contributed by atoms with van der Waals surface area (Å²) in [5.74, 6) is 0. The molecular weight excluding hydrogens is 298 g/mol. The summed E-state index contributed by atoms with van der Waals surface area (Å²) >= 11 is 0. The normalized spacial score (nSPS) is 15.9. The first-order chi connectivity index (χ1) is 11.9. The minimum Gasteiger partial charge on any atom is -0.369 e. The highest BCUT2D eigenvalue weighted by molar-refractivity contribution is 5.73. The first kappa shape index (κ1) is 15.1. The highest BCUT2D eigenvalue weighted by atomic mass is 15.4. The molecule has 1 aliphatic heterocycles. The van der Waals surface area contributed by atoms with Crippen molar-refractivity contribution >= 4 is 16.7 Å². The summed E-state index contributed by atoms with van der Waals surface area (Å²) in [6.45, 7) is 6.53. The number of piperazine rings is 1. The van der Waals surface area contributed by atoms with Crippen molar-refractivity contribution in [1.29, 1.82) is 0 Å². The van der Waals surface area contributed by atoms with E-state index in [-0.39, 0.29) is 0 Å². The summed E-state index contributed by atoms with van der Waals surface area (Å²) in [5.41, 5.74) is 3.45. The third-order valence-electron chi connectivity index (χ3n) is 4.76. The molecule has 2 aromatic carbocycles. The summed E-state index contributed by atoms with van der Waals surface area (Å²) in [6.07, 6.45) is 1.11. The number of hydrogen-bond acceptors (Lipinski definition) is 4. The third-order valence-corrected chi connectivity index (χ3v) is 4.76. The van der Waals surface area contributed by atoms with Crippen LogP contribution in [0.1, 0.15) is 6.42 Å². The van der Waals surface area contributed by atoms with Crippen LogP contribution in [0.25, 0.3) is 11.0 Å². The topological polar surface area (TPSA) is 37.2 Å². The van der Waals surface area contributed by atoms with Crippen molar-refractivity contribution in [3.63, 3.8) is 0 Å². The molecule has 1 aliphatic rings. The second-order valence-electron chi connectivity index (χ2n) is 6.32. The van der Waals surface area contributed by atoms with Crippen molar-refractivity contribution in [2.45, 2.75) is 13.0 Å². The Morgan fingerprint density at radius 2 is 1.54 bits per heavy atom. The summed E-state index contributed by atoms with van der Waals surface area (Å²) in [5, 5.41) is 8.49. The van der Waals surface area contributed by atoms with Crippen molar-refractivity contribution in [2.75, 3.05) is 37.6 Å². The van der Waals surface area contributed by atoms with E-state index in [9.17, 15) is 0 Å². The molecule has 0 saturated carbocycles. The van der Waals surface area contributed by atoms with Crippen molar-refractivity contribution in [3.8, 4) is 0 Å². The molecule has 0 radical (unpaired) electrons. The average molecular weight is 321 g/mol. The number of para-hydroxylation sites is 2. The second kappa shape index (κ2) is 7.01. The zero-order valence-electron chi connectivity index (χ0n) is 13.9. The lowest BCUT2D eigenvalue weighted by atomic mass is 10.2. The van der Waals surface area contributed by atoms with E-state index in [1.165, 1.54) is 5.69 Å². The smallest absolute Gasteiger partial charge is 0.113 e. The third kappa shape index (κ3) is 3.26. The molecule has 0 N–H and O–H groups in total. The zero-order valence-corrected chi connectivity index (χ0v) is 13.9. The van der Waals surface area contributed by atoms with Crippen molar-refractivity contribution in [3.05, 3.63) is 54.6 Å². The van der Waals surface area contributed by atoms with Gasteiger partial charge in [-0.1, -0.05) is 35.5 Å². The molecule has 0 spiro atoms. The van der Waals surface area contributed by atoms with Crippen LogP contribution >= 0.6 is 0 Å². The maximum atomic E-state index is 4.27. The van der Waals surface area contributed by atoms with Gasteiger partial charge in [0.05, 0.1) is 5.52 Å². The Labute approximate surface area is 142 Å². The van der Waals surface area contributed by atoms with Crippen molar-refractivity contribution < 1.29 is 0 Å². The number of anilines is 1. The van der Waals surface area contributed by atoms with Gasteiger partial charge in [0, 0.05) is 45.0 Å². The Kier molecular flexibility index (Phi) is 4.42. The van der Waals surface area contributed by atoms with Gasteiger partial charge < -0.3 is 4.90 Å². The molecule has 24 heavy (non-hydrogen) atoms. The predicted molar refractivity (Wildman–Crippen MR) is 97.2 cm³/mol. The molecule has 0 amide bonds. The molecule has 5 heteroatoms. The highest BCUT2D eigenvalue weighted by Crippen LogP contribution is 2.16. The van der Waals surface area contributed by atoms with Gasteiger partial charge in [-0.15, -0.1) is 5.10 Å². The molecule has 2 heterocycles. The molecule has 0 aliphatic carbocycles. The highest BCUT2D eigenvalue weighted by Gasteiger charge is 2.16. The first-order valence-corrected chi connectivity index (χ1v) is 8.71. The molecule has 5 nitrogen and oxygen atoms in total. The molecule has 0 atom stereocenters. The lowest BCUT2D eigenvalue weighted by Gasteiger charge is -2.36. The van der Waals surface area contributed by atoms with E-state index in [0.717, 1.165) is 56.7 Å². The van der Waals surface area contributed by atoms with Gasteiger partial charge in [0.15, 0.2) is 0 Å². The van der Waals surface area contributed by atoms with Gasteiger partial charge in [0.1, 0.15) is 5.52 Å². The van der Waals surface area contributed by atoms with E-state index in [4.69, 9.17) is 0 Å². The minimum absolute atomic E-state index is 0.930. The molecule has 1 aromatic heterocycles. The number of aromatic nitrogens is 3. The fourth-order valence-corrected chi connectivity index (χ4v) is 3.40. The summed E-state index contributed by atoms with van der Waals surface area (Å²) in [6, 6.07) is 18.9. The standard InChI is InChI=1S/C19H23N5/c1-2-7-17(8-3-1)23-15-13-22(14-16-23)11-6-12-24-19-10-5-4-9-18(19)20-21-24/h1-5,7-10H,6,11-16H2. The number of hydrogen-bond donors (Lipinski definition) is 0. The van der Waals surface area contributed by atoms with Crippen LogP contribution in [-0.4, -0.2) is 52.6 Å². The molecule has 4 rings (SSSR count). The van der Waals surface area contributed by atoms with Gasteiger partial charge in [0.2, 0.25) is 0 Å². The Bertz CT molecular complexity index is 775. The molecule has 0 bridgehead atoms. The fraction of sp³-hybridized carbons (Fsp3) is 0.368. The molecule has 124 valence electrons. The molecular formula is C19H23N5. The van der Waals surface area contributed by atoms with Crippen molar-refractivity contribution in [2.24, 2.45) is 0 Å². The zero-order chi connectivity index (χ0) is 16.2. The van der Waals surface area contributed by atoms with Gasteiger partial charge in [-0.3, -0.25) is 4.90 Å². The summed E-state index contributed by atoms with van der Waals surface area (Å²) in [4.78, 5) is 5.03. The monoisotopic (exact) mass is 321 g/mol. The van der Waals surface area contributed by atoms with E-state index >= 15 is 0 Å². The van der Waals surface area contributed by atoms with E-state index < -0.39 is 0 Å². The Morgan fingerprint density at radius 3 is 2.38 bits per heavy atom. The second-order valence-corrected chi connectivity index (χ2v) is 6.32. The maximum Gasteiger partial charge on any atom is 0.113 e. The van der Waals surface area contributed by atoms with Crippen LogP contribution in [0.5, 0.6) is 0 Å². The van der Waals surface area contributed by atoms with Gasteiger partial charge in [-0.2, -0.15) is 0 Å². The van der Waals surface area contributed by atoms with Crippen LogP contribution in [-0.2, 0) is 6.54 Å². The quantitative estimate of drug-likeness (QED) is 0.724. The number of rotatable bonds is 5. The first-order valence-electron chi connectivity index (χ1n) is 8.71. The van der Waals surface area contributed by atoms with E-state index in [1.807, 2.05) is 22.9 Å². The molecule has 1 saturated heterocycles. The summed E-state index contributed by atoms with van der Waals surface area (Å²) in [7, 11) is 0. The largest absolute Gasteiger partial charge is 0.369 e. The average Bonchev–Trinajstić information content (AvgIpc) is 3.06. The van der Waals surface area contributed by atoms with Gasteiger partial charge in [-0.25, -0.2) is 4.68 Å². The minimum atomic E-state index is 0.930. The van der Waals surface area contributed by atoms with Gasteiger partial charge >= 0.3 is 0 Å². The van der Waals surface area contributed by atoms with Crippen LogP contribution in [0, 0.1) is 0 Å². The lowest BCUT2D eigenvalue weighted by Crippen LogP contribution is -2.46. The number of fused-ring (bicyclic) bond motifs is 1. The van der Waals surface area contributed by atoms with Crippen LogP contribution in [0.3, 0.4) is 0 Å². The van der Waals surface area contributed by atoms with Crippen LogP contribution in [0.4, 0.5) is 5.69 Å². The van der Waals surface area contributed by atoms with Crippen LogP contribution < -0.4 is 4.90 Å². The lowest BCUT2D eigenvalue weighted by molar-refractivity contribution is 0.249. The molecule has 3 aromatic rings. The van der Waals surface area contributed by atoms with Gasteiger partial charge in [-0.05, 0) is 30.7 Å². The predicted octanol–water partition coefficient (Wildman–Crippen LogP) is 2.64. The van der Waals surface area contributed by atoms with Gasteiger partial charge in [0.25, 0.3) is 0 Å². The molecule has 1 fully saturated rings.